The highest BCUT2D eigenvalue weighted by Gasteiger charge is 2.36. The maximum atomic E-state index is 12.9. The van der Waals surface area contributed by atoms with Crippen molar-refractivity contribution in [2.24, 2.45) is 11.8 Å². The minimum Gasteiger partial charge on any atom is -0.355 e. The van der Waals surface area contributed by atoms with Crippen molar-refractivity contribution < 1.29 is 22.8 Å². The van der Waals surface area contributed by atoms with Gasteiger partial charge in [-0.1, -0.05) is 13.0 Å². The predicted molar refractivity (Wildman–Crippen MR) is 96.3 cm³/mol. The third-order valence-corrected chi connectivity index (χ3v) is 4.66. The highest BCUT2D eigenvalue weighted by atomic mass is 19.4. The average Bonchev–Trinajstić information content (AvgIpc) is 3.28. The van der Waals surface area contributed by atoms with Crippen LogP contribution in [0.25, 0.3) is 0 Å². The van der Waals surface area contributed by atoms with Gasteiger partial charge in [-0.3, -0.25) is 14.3 Å². The van der Waals surface area contributed by atoms with Crippen molar-refractivity contribution in [2.75, 3.05) is 18.0 Å². The molecule has 3 rings (SSSR count). The minimum atomic E-state index is -4.49. The van der Waals surface area contributed by atoms with Gasteiger partial charge in [0, 0.05) is 44.1 Å². The van der Waals surface area contributed by atoms with Crippen LogP contribution in [0.5, 0.6) is 0 Å². The van der Waals surface area contributed by atoms with E-state index in [2.05, 4.69) is 10.4 Å². The van der Waals surface area contributed by atoms with E-state index in [1.165, 1.54) is 17.0 Å². The van der Waals surface area contributed by atoms with Crippen LogP contribution in [0.1, 0.15) is 18.9 Å². The first-order valence-corrected chi connectivity index (χ1v) is 8.97. The van der Waals surface area contributed by atoms with Crippen LogP contribution in [0.4, 0.5) is 18.9 Å². The molecular weight excluding hydrogens is 373 g/mol. The quantitative estimate of drug-likeness (QED) is 0.819. The fourth-order valence-corrected chi connectivity index (χ4v) is 3.19. The van der Waals surface area contributed by atoms with E-state index in [0.717, 1.165) is 12.1 Å². The molecule has 1 aliphatic heterocycles. The molecule has 2 amide bonds. The Morgan fingerprint density at radius 1 is 1.36 bits per heavy atom. The summed E-state index contributed by atoms with van der Waals surface area (Å²) in [6.45, 7) is 3.11. The second-order valence-corrected chi connectivity index (χ2v) is 7.03. The van der Waals surface area contributed by atoms with Gasteiger partial charge in [-0.05, 0) is 30.2 Å². The summed E-state index contributed by atoms with van der Waals surface area (Å²) in [4.78, 5) is 25.9. The number of amides is 2. The van der Waals surface area contributed by atoms with E-state index in [9.17, 15) is 22.8 Å². The zero-order valence-corrected chi connectivity index (χ0v) is 15.3. The molecule has 2 aromatic rings. The van der Waals surface area contributed by atoms with E-state index < -0.39 is 17.7 Å². The summed E-state index contributed by atoms with van der Waals surface area (Å²) in [5, 5.41) is 6.94. The minimum absolute atomic E-state index is 0.0182. The maximum Gasteiger partial charge on any atom is 0.416 e. The zero-order valence-electron chi connectivity index (χ0n) is 15.3. The standard InChI is InChI=1S/C19H21F3N4O2/c1-13(11-25-7-3-6-24-25)10-23-18(28)14-8-17(27)26(12-14)16-5-2-4-15(9-16)19(20,21)22/h2-7,9,13-14H,8,10-12H2,1H3,(H,23,28)/t13-,14+/m1/s1. The molecule has 0 radical (unpaired) electrons. The molecule has 1 aliphatic rings. The number of halogens is 3. The largest absolute Gasteiger partial charge is 0.416 e. The number of alkyl halides is 3. The first kappa shape index (κ1) is 19.9. The molecular formula is C19H21F3N4O2. The van der Waals surface area contributed by atoms with Crippen molar-refractivity contribution in [3.8, 4) is 0 Å². The van der Waals surface area contributed by atoms with Crippen LogP contribution in [-0.2, 0) is 22.3 Å². The number of nitrogens with zero attached hydrogens (tertiary/aromatic N) is 3. The number of carbonyl (C=O) groups excluding carboxylic acids is 2. The van der Waals surface area contributed by atoms with E-state index >= 15 is 0 Å². The fourth-order valence-electron chi connectivity index (χ4n) is 3.19. The van der Waals surface area contributed by atoms with Gasteiger partial charge in [0.25, 0.3) is 0 Å². The van der Waals surface area contributed by atoms with Crippen molar-refractivity contribution >= 4 is 17.5 Å². The third kappa shape index (κ3) is 4.71. The molecule has 9 heteroatoms. The molecule has 150 valence electrons. The number of aromatic nitrogens is 2. The van der Waals surface area contributed by atoms with E-state index in [4.69, 9.17) is 0 Å². The first-order valence-electron chi connectivity index (χ1n) is 8.97. The highest BCUT2D eigenvalue weighted by Crippen LogP contribution is 2.33. The number of carbonyl (C=O) groups is 2. The predicted octanol–water partition coefficient (Wildman–Crippen LogP) is 2.71. The summed E-state index contributed by atoms with van der Waals surface area (Å²) in [5.74, 6) is -1.07. The Balaban J connectivity index is 1.57. The Morgan fingerprint density at radius 2 is 2.14 bits per heavy atom. The van der Waals surface area contributed by atoms with Gasteiger partial charge in [0.1, 0.15) is 0 Å². The van der Waals surface area contributed by atoms with Gasteiger partial charge in [-0.25, -0.2) is 0 Å². The summed E-state index contributed by atoms with van der Waals surface area (Å²) < 4.78 is 40.5. The second kappa shape index (κ2) is 8.04. The van der Waals surface area contributed by atoms with E-state index in [1.807, 2.05) is 19.2 Å². The summed E-state index contributed by atoms with van der Waals surface area (Å²) in [5.41, 5.74) is -0.666. The summed E-state index contributed by atoms with van der Waals surface area (Å²) in [7, 11) is 0. The molecule has 0 spiro atoms. The lowest BCUT2D eigenvalue weighted by atomic mass is 10.1. The van der Waals surface area contributed by atoms with Crippen molar-refractivity contribution in [3.63, 3.8) is 0 Å². The SMILES string of the molecule is C[C@H](CNC(=O)[C@H]1CC(=O)N(c2cccc(C(F)(F)F)c2)C1)Cn1cccn1. The van der Waals surface area contributed by atoms with Gasteiger partial charge in [0.2, 0.25) is 11.8 Å². The van der Waals surface area contributed by atoms with Gasteiger partial charge < -0.3 is 10.2 Å². The molecule has 2 heterocycles. The van der Waals surface area contributed by atoms with Gasteiger partial charge in [0.05, 0.1) is 11.5 Å². The van der Waals surface area contributed by atoms with E-state index in [1.54, 1.807) is 10.9 Å². The molecule has 1 saturated heterocycles. The van der Waals surface area contributed by atoms with Crippen LogP contribution in [0.15, 0.2) is 42.7 Å². The van der Waals surface area contributed by atoms with Gasteiger partial charge in [0.15, 0.2) is 0 Å². The lowest BCUT2D eigenvalue weighted by molar-refractivity contribution is -0.137. The molecule has 1 aromatic heterocycles. The Kier molecular flexibility index (Phi) is 5.71. The molecule has 2 atom stereocenters. The molecule has 28 heavy (non-hydrogen) atoms. The maximum absolute atomic E-state index is 12.9. The van der Waals surface area contributed by atoms with Crippen molar-refractivity contribution in [1.82, 2.24) is 15.1 Å². The van der Waals surface area contributed by atoms with Gasteiger partial charge >= 0.3 is 6.18 Å². The van der Waals surface area contributed by atoms with Crippen LogP contribution in [0, 0.1) is 11.8 Å². The Morgan fingerprint density at radius 3 is 2.82 bits per heavy atom. The lowest BCUT2D eigenvalue weighted by Gasteiger charge is -2.19. The smallest absolute Gasteiger partial charge is 0.355 e. The summed E-state index contributed by atoms with van der Waals surface area (Å²) in [6.07, 6.45) is -0.991. The van der Waals surface area contributed by atoms with Crippen LogP contribution in [-0.4, -0.2) is 34.7 Å². The lowest BCUT2D eigenvalue weighted by Crippen LogP contribution is -2.36. The summed E-state index contributed by atoms with van der Waals surface area (Å²) in [6, 6.07) is 6.41. The molecule has 0 unspecified atom stereocenters. The van der Waals surface area contributed by atoms with Gasteiger partial charge in [-0.2, -0.15) is 18.3 Å². The zero-order chi connectivity index (χ0) is 20.3. The monoisotopic (exact) mass is 394 g/mol. The number of benzene rings is 1. The second-order valence-electron chi connectivity index (χ2n) is 7.03. The molecule has 1 N–H and O–H groups in total. The van der Waals surface area contributed by atoms with Crippen LogP contribution >= 0.6 is 0 Å². The summed E-state index contributed by atoms with van der Waals surface area (Å²) >= 11 is 0. The van der Waals surface area contributed by atoms with Crippen LogP contribution in [0.2, 0.25) is 0 Å². The molecule has 1 aromatic carbocycles. The third-order valence-electron chi connectivity index (χ3n) is 4.66. The topological polar surface area (TPSA) is 67.2 Å². The van der Waals surface area contributed by atoms with Crippen molar-refractivity contribution in [3.05, 3.63) is 48.3 Å². The number of anilines is 1. The van der Waals surface area contributed by atoms with E-state index in [0.29, 0.717) is 13.1 Å². The highest BCUT2D eigenvalue weighted by molar-refractivity contribution is 6.00. The Labute approximate surface area is 160 Å². The fraction of sp³-hybridized carbons (Fsp3) is 0.421. The normalized spacial score (nSPS) is 18.4. The van der Waals surface area contributed by atoms with Crippen LogP contribution in [0.3, 0.4) is 0 Å². The number of nitrogens with one attached hydrogen (secondary N) is 1. The molecule has 1 fully saturated rings. The number of hydrogen-bond acceptors (Lipinski definition) is 3. The molecule has 0 saturated carbocycles. The molecule has 0 bridgehead atoms. The number of hydrogen-bond donors (Lipinski definition) is 1. The first-order chi connectivity index (χ1) is 13.2. The molecule has 0 aliphatic carbocycles. The average molecular weight is 394 g/mol. The van der Waals surface area contributed by atoms with Crippen LogP contribution < -0.4 is 10.2 Å². The van der Waals surface area contributed by atoms with Crippen molar-refractivity contribution in [1.29, 1.82) is 0 Å². The Hall–Kier alpha value is -2.84. The van der Waals surface area contributed by atoms with Gasteiger partial charge in [-0.15, -0.1) is 0 Å². The number of rotatable bonds is 6. The van der Waals surface area contributed by atoms with E-state index in [-0.39, 0.29) is 36.4 Å². The molecule has 6 nitrogen and oxygen atoms in total. The van der Waals surface area contributed by atoms with Crippen molar-refractivity contribution in [2.45, 2.75) is 26.1 Å². The Bertz CT molecular complexity index is 836.